The number of aromatic amines is 1. The average molecular weight is 338 g/mol. The number of aromatic nitrogens is 4. The zero-order valence-corrected chi connectivity index (χ0v) is 13.7. The lowest BCUT2D eigenvalue weighted by atomic mass is 10.2. The van der Waals surface area contributed by atoms with Gasteiger partial charge in [0.15, 0.2) is 0 Å². The van der Waals surface area contributed by atoms with E-state index in [1.807, 2.05) is 26.0 Å². The molecule has 0 aliphatic carbocycles. The second kappa shape index (κ2) is 5.70. The number of nitrogens with one attached hydrogen (secondary N) is 1. The van der Waals surface area contributed by atoms with Crippen LogP contribution in [0.25, 0.3) is 33.9 Å². The van der Waals surface area contributed by atoms with Gasteiger partial charge in [-0.05, 0) is 50.2 Å². The smallest absolute Gasteiger partial charge is 0.326 e. The third kappa shape index (κ3) is 2.63. The monoisotopic (exact) mass is 338 g/mol. The summed E-state index contributed by atoms with van der Waals surface area (Å²) in [6.45, 7) is 3.90. The summed E-state index contributed by atoms with van der Waals surface area (Å²) in [5.74, 6) is 0.244. The number of imidazole rings is 1. The molecule has 2 aromatic carbocycles. The highest BCUT2D eigenvalue weighted by molar-refractivity contribution is 5.81. The molecule has 2 heterocycles. The van der Waals surface area contributed by atoms with Crippen LogP contribution in [0.2, 0.25) is 0 Å². The quantitative estimate of drug-likeness (QED) is 0.617. The molecule has 25 heavy (non-hydrogen) atoms. The first-order chi connectivity index (χ1) is 12.0. The van der Waals surface area contributed by atoms with Gasteiger partial charge in [-0.3, -0.25) is 4.57 Å². The van der Waals surface area contributed by atoms with Crippen LogP contribution in [0, 0.1) is 5.82 Å². The molecule has 0 unspecified atom stereocenters. The van der Waals surface area contributed by atoms with Crippen molar-refractivity contribution in [1.29, 1.82) is 0 Å². The van der Waals surface area contributed by atoms with Gasteiger partial charge in [0, 0.05) is 17.2 Å². The third-order valence-electron chi connectivity index (χ3n) is 3.99. The van der Waals surface area contributed by atoms with Crippen LogP contribution in [0.5, 0.6) is 0 Å². The Morgan fingerprint density at radius 3 is 2.76 bits per heavy atom. The predicted molar refractivity (Wildman–Crippen MR) is 91.6 cm³/mol. The Balaban J connectivity index is 1.77. The van der Waals surface area contributed by atoms with E-state index in [2.05, 4.69) is 15.1 Å². The van der Waals surface area contributed by atoms with Gasteiger partial charge in [-0.25, -0.2) is 9.18 Å². The number of halogens is 1. The number of hydrogen-bond acceptors (Lipinski definition) is 4. The summed E-state index contributed by atoms with van der Waals surface area (Å²) in [7, 11) is 0. The van der Waals surface area contributed by atoms with Crippen molar-refractivity contribution in [1.82, 2.24) is 19.7 Å². The van der Waals surface area contributed by atoms with Crippen LogP contribution in [0.1, 0.15) is 19.9 Å². The molecule has 4 rings (SSSR count). The van der Waals surface area contributed by atoms with Gasteiger partial charge in [0.05, 0.1) is 11.0 Å². The van der Waals surface area contributed by atoms with Crippen molar-refractivity contribution in [3.05, 3.63) is 58.8 Å². The minimum absolute atomic E-state index is 0.0526. The topological polar surface area (TPSA) is 76.7 Å². The Morgan fingerprint density at radius 2 is 2.00 bits per heavy atom. The molecular weight excluding hydrogens is 323 g/mol. The van der Waals surface area contributed by atoms with Crippen LogP contribution in [0.15, 0.2) is 51.8 Å². The lowest BCUT2D eigenvalue weighted by Gasteiger charge is -2.06. The minimum Gasteiger partial charge on any atom is -0.334 e. The van der Waals surface area contributed by atoms with E-state index in [0.717, 1.165) is 5.52 Å². The van der Waals surface area contributed by atoms with E-state index in [-0.39, 0.29) is 23.4 Å². The predicted octanol–water partition coefficient (Wildman–Crippen LogP) is 3.77. The van der Waals surface area contributed by atoms with Gasteiger partial charge >= 0.3 is 5.69 Å². The zero-order valence-electron chi connectivity index (χ0n) is 13.7. The average Bonchev–Trinajstić information content (AvgIpc) is 3.17. The number of benzene rings is 2. The van der Waals surface area contributed by atoms with E-state index in [0.29, 0.717) is 22.5 Å². The summed E-state index contributed by atoms with van der Waals surface area (Å²) < 4.78 is 20.3. The molecule has 0 aliphatic heterocycles. The number of fused-ring (bicyclic) bond motifs is 1. The highest BCUT2D eigenvalue weighted by Crippen LogP contribution is 2.25. The van der Waals surface area contributed by atoms with Gasteiger partial charge < -0.3 is 9.51 Å². The normalized spacial score (nSPS) is 11.5. The number of rotatable bonds is 3. The summed E-state index contributed by atoms with van der Waals surface area (Å²) >= 11 is 0. The molecule has 0 fully saturated rings. The Bertz CT molecular complexity index is 1120. The van der Waals surface area contributed by atoms with E-state index in [1.165, 1.54) is 12.1 Å². The standard InChI is InChI=1S/C18H15FN4O2/c1-10(2)23-15-7-6-11(9-14(15)20-18(23)24)16-21-17(25-22-16)12-4-3-5-13(19)8-12/h3-10H,1-2H3,(H,20,24). The molecule has 0 bridgehead atoms. The summed E-state index contributed by atoms with van der Waals surface area (Å²) in [5, 5.41) is 3.96. The lowest BCUT2D eigenvalue weighted by molar-refractivity contribution is 0.432. The molecule has 126 valence electrons. The second-order valence-electron chi connectivity index (χ2n) is 6.06. The van der Waals surface area contributed by atoms with Gasteiger partial charge in [-0.2, -0.15) is 4.98 Å². The van der Waals surface area contributed by atoms with Crippen LogP contribution >= 0.6 is 0 Å². The van der Waals surface area contributed by atoms with E-state index >= 15 is 0 Å². The Hall–Kier alpha value is -3.22. The molecule has 0 amide bonds. The molecule has 7 heteroatoms. The zero-order chi connectivity index (χ0) is 17.6. The van der Waals surface area contributed by atoms with E-state index < -0.39 is 0 Å². The molecule has 0 spiro atoms. The van der Waals surface area contributed by atoms with E-state index in [1.54, 1.807) is 22.8 Å². The maximum Gasteiger partial charge on any atom is 0.326 e. The molecule has 0 saturated heterocycles. The molecule has 4 aromatic rings. The lowest BCUT2D eigenvalue weighted by Crippen LogP contribution is -2.18. The first kappa shape index (κ1) is 15.3. The van der Waals surface area contributed by atoms with Crippen molar-refractivity contribution in [3.8, 4) is 22.8 Å². The maximum absolute atomic E-state index is 13.3. The first-order valence-corrected chi connectivity index (χ1v) is 7.87. The van der Waals surface area contributed by atoms with Gasteiger partial charge in [-0.1, -0.05) is 11.2 Å². The van der Waals surface area contributed by atoms with Crippen molar-refractivity contribution in [2.45, 2.75) is 19.9 Å². The van der Waals surface area contributed by atoms with Crippen molar-refractivity contribution in [2.75, 3.05) is 0 Å². The highest BCUT2D eigenvalue weighted by Gasteiger charge is 2.14. The van der Waals surface area contributed by atoms with E-state index in [9.17, 15) is 9.18 Å². The van der Waals surface area contributed by atoms with Gasteiger partial charge in [0.2, 0.25) is 5.82 Å². The second-order valence-corrected chi connectivity index (χ2v) is 6.06. The van der Waals surface area contributed by atoms with Gasteiger partial charge in [0.1, 0.15) is 5.82 Å². The van der Waals surface area contributed by atoms with Crippen molar-refractivity contribution in [3.63, 3.8) is 0 Å². The molecule has 6 nitrogen and oxygen atoms in total. The molecule has 0 radical (unpaired) electrons. The van der Waals surface area contributed by atoms with Crippen LogP contribution in [0.3, 0.4) is 0 Å². The largest absolute Gasteiger partial charge is 0.334 e. The summed E-state index contributed by atoms with van der Waals surface area (Å²) in [5.41, 5.74) is 2.58. The van der Waals surface area contributed by atoms with Gasteiger partial charge in [-0.15, -0.1) is 0 Å². The number of nitrogens with zero attached hydrogens (tertiary/aromatic N) is 3. The van der Waals surface area contributed by atoms with E-state index in [4.69, 9.17) is 4.52 Å². The minimum atomic E-state index is -0.369. The molecule has 0 saturated carbocycles. The first-order valence-electron chi connectivity index (χ1n) is 7.87. The molecule has 0 aliphatic rings. The van der Waals surface area contributed by atoms with Crippen LogP contribution in [0.4, 0.5) is 4.39 Å². The molecule has 0 atom stereocenters. The highest BCUT2D eigenvalue weighted by atomic mass is 19.1. The van der Waals surface area contributed by atoms with Crippen LogP contribution in [-0.4, -0.2) is 19.7 Å². The molecule has 1 N–H and O–H groups in total. The van der Waals surface area contributed by atoms with Crippen molar-refractivity contribution < 1.29 is 8.91 Å². The third-order valence-corrected chi connectivity index (χ3v) is 3.99. The Labute approximate surface area is 141 Å². The molecular formula is C18H15FN4O2. The fraction of sp³-hybridized carbons (Fsp3) is 0.167. The fourth-order valence-electron chi connectivity index (χ4n) is 2.86. The Kier molecular flexibility index (Phi) is 3.49. The van der Waals surface area contributed by atoms with Crippen LogP contribution < -0.4 is 5.69 Å². The summed E-state index contributed by atoms with van der Waals surface area (Å²) in [6.07, 6.45) is 0. The van der Waals surface area contributed by atoms with Gasteiger partial charge in [0.25, 0.3) is 5.89 Å². The van der Waals surface area contributed by atoms with Crippen molar-refractivity contribution >= 4 is 11.0 Å². The number of hydrogen-bond donors (Lipinski definition) is 1. The van der Waals surface area contributed by atoms with Crippen LogP contribution in [-0.2, 0) is 0 Å². The van der Waals surface area contributed by atoms with Crippen molar-refractivity contribution in [2.24, 2.45) is 0 Å². The fourth-order valence-corrected chi connectivity index (χ4v) is 2.86. The summed E-state index contributed by atoms with van der Waals surface area (Å²) in [6, 6.07) is 11.5. The maximum atomic E-state index is 13.3. The number of H-pyrrole nitrogens is 1. The molecule has 2 aromatic heterocycles. The Morgan fingerprint density at radius 1 is 1.16 bits per heavy atom. The SMILES string of the molecule is CC(C)n1c(=O)[nH]c2cc(-c3noc(-c4cccc(F)c4)n3)ccc21. The summed E-state index contributed by atoms with van der Waals surface area (Å²) in [4.78, 5) is 19.2.